The number of hydrogen-bond acceptors (Lipinski definition) is 5. The maximum absolute atomic E-state index is 6.15. The zero-order valence-corrected chi connectivity index (χ0v) is 13.0. The first-order valence-electron chi connectivity index (χ1n) is 7.07. The molecule has 5 heteroatoms. The van der Waals surface area contributed by atoms with E-state index in [0.29, 0.717) is 18.1 Å². The molecule has 1 aromatic heterocycles. The predicted molar refractivity (Wildman–Crippen MR) is 80.6 cm³/mol. The number of rotatable bonds is 5. The Morgan fingerprint density at radius 2 is 1.90 bits per heavy atom. The highest BCUT2D eigenvalue weighted by molar-refractivity contribution is 5.16. The summed E-state index contributed by atoms with van der Waals surface area (Å²) in [5, 5.41) is 4.03. The molecule has 2 atom stereocenters. The minimum Gasteiger partial charge on any atom is -0.373 e. The number of aromatic nitrogens is 2. The van der Waals surface area contributed by atoms with Crippen LogP contribution >= 0.6 is 0 Å². The van der Waals surface area contributed by atoms with Gasteiger partial charge in [0.15, 0.2) is 0 Å². The SMILES string of the molecule is COC(c1noc([C@H](N)Cc2ccccc2)n1)C(C)(C)C. The molecule has 0 bridgehead atoms. The summed E-state index contributed by atoms with van der Waals surface area (Å²) >= 11 is 0. The Kier molecular flexibility index (Phi) is 4.75. The van der Waals surface area contributed by atoms with Gasteiger partial charge in [0.25, 0.3) is 0 Å². The largest absolute Gasteiger partial charge is 0.373 e. The zero-order valence-electron chi connectivity index (χ0n) is 13.0. The van der Waals surface area contributed by atoms with Crippen LogP contribution in [0.2, 0.25) is 0 Å². The van der Waals surface area contributed by atoms with Crippen LogP contribution in [0, 0.1) is 5.41 Å². The molecule has 1 heterocycles. The standard InChI is InChI=1S/C16H23N3O2/c1-16(2,3)13(20-4)14-18-15(21-19-14)12(17)10-11-8-6-5-7-9-11/h5-9,12-13H,10,17H2,1-4H3/t12-,13?/m1/s1. The lowest BCUT2D eigenvalue weighted by Gasteiger charge is -2.26. The molecule has 0 saturated heterocycles. The fourth-order valence-electron chi connectivity index (χ4n) is 2.31. The van der Waals surface area contributed by atoms with Crippen LogP contribution in [0.25, 0.3) is 0 Å². The van der Waals surface area contributed by atoms with Gasteiger partial charge in [0.1, 0.15) is 6.10 Å². The second-order valence-corrected chi connectivity index (χ2v) is 6.27. The zero-order chi connectivity index (χ0) is 15.5. The molecule has 2 N–H and O–H groups in total. The first kappa shape index (κ1) is 15.7. The summed E-state index contributed by atoms with van der Waals surface area (Å²) in [7, 11) is 1.65. The fourth-order valence-corrected chi connectivity index (χ4v) is 2.31. The van der Waals surface area contributed by atoms with Crippen molar-refractivity contribution in [2.45, 2.75) is 39.3 Å². The maximum atomic E-state index is 6.15. The molecule has 2 aromatic rings. The quantitative estimate of drug-likeness (QED) is 0.915. The molecule has 5 nitrogen and oxygen atoms in total. The van der Waals surface area contributed by atoms with E-state index >= 15 is 0 Å². The van der Waals surface area contributed by atoms with E-state index in [1.165, 1.54) is 0 Å². The van der Waals surface area contributed by atoms with E-state index in [2.05, 4.69) is 30.9 Å². The van der Waals surface area contributed by atoms with Crippen LogP contribution < -0.4 is 5.73 Å². The van der Waals surface area contributed by atoms with Crippen molar-refractivity contribution in [3.05, 3.63) is 47.6 Å². The molecule has 1 aromatic carbocycles. The molecule has 0 fully saturated rings. The van der Waals surface area contributed by atoms with Crippen molar-refractivity contribution < 1.29 is 9.26 Å². The molecule has 0 saturated carbocycles. The average molecular weight is 289 g/mol. The summed E-state index contributed by atoms with van der Waals surface area (Å²) < 4.78 is 10.8. The first-order chi connectivity index (χ1) is 9.91. The van der Waals surface area contributed by atoms with E-state index in [1.54, 1.807) is 7.11 Å². The van der Waals surface area contributed by atoms with Crippen LogP contribution in [-0.4, -0.2) is 17.3 Å². The van der Waals surface area contributed by atoms with Gasteiger partial charge in [0.05, 0.1) is 6.04 Å². The van der Waals surface area contributed by atoms with E-state index in [1.807, 2.05) is 30.3 Å². The van der Waals surface area contributed by atoms with Gasteiger partial charge in [-0.1, -0.05) is 56.3 Å². The Balaban J connectivity index is 2.12. The van der Waals surface area contributed by atoms with Crippen molar-refractivity contribution in [3.8, 4) is 0 Å². The molecule has 114 valence electrons. The van der Waals surface area contributed by atoms with Crippen LogP contribution in [-0.2, 0) is 11.2 Å². The van der Waals surface area contributed by atoms with E-state index < -0.39 is 0 Å². The van der Waals surface area contributed by atoms with Crippen LogP contribution in [0.1, 0.15) is 50.2 Å². The normalized spacial score (nSPS) is 14.9. The highest BCUT2D eigenvalue weighted by atomic mass is 16.5. The van der Waals surface area contributed by atoms with E-state index in [4.69, 9.17) is 15.0 Å². The molecule has 1 unspecified atom stereocenters. The van der Waals surface area contributed by atoms with Crippen molar-refractivity contribution in [3.63, 3.8) is 0 Å². The Hall–Kier alpha value is -1.72. The second kappa shape index (κ2) is 6.37. The smallest absolute Gasteiger partial charge is 0.243 e. The third-order valence-corrected chi connectivity index (χ3v) is 3.33. The van der Waals surface area contributed by atoms with Gasteiger partial charge in [-0.25, -0.2) is 0 Å². The van der Waals surface area contributed by atoms with E-state index in [9.17, 15) is 0 Å². The van der Waals surface area contributed by atoms with Crippen molar-refractivity contribution in [1.82, 2.24) is 10.1 Å². The summed E-state index contributed by atoms with van der Waals surface area (Å²) in [5.74, 6) is 0.990. The van der Waals surface area contributed by atoms with Gasteiger partial charge in [0.2, 0.25) is 11.7 Å². The monoisotopic (exact) mass is 289 g/mol. The lowest BCUT2D eigenvalue weighted by Crippen LogP contribution is -2.21. The third kappa shape index (κ3) is 3.89. The van der Waals surface area contributed by atoms with Gasteiger partial charge in [-0.3, -0.25) is 0 Å². The Labute approximate surface area is 125 Å². The van der Waals surface area contributed by atoms with Gasteiger partial charge < -0.3 is 15.0 Å². The minimum absolute atomic E-state index is 0.112. The van der Waals surface area contributed by atoms with Crippen molar-refractivity contribution in [2.75, 3.05) is 7.11 Å². The topological polar surface area (TPSA) is 74.2 Å². The number of benzene rings is 1. The van der Waals surface area contributed by atoms with Gasteiger partial charge >= 0.3 is 0 Å². The Morgan fingerprint density at radius 3 is 2.48 bits per heavy atom. The van der Waals surface area contributed by atoms with Crippen LogP contribution in [0.5, 0.6) is 0 Å². The van der Waals surface area contributed by atoms with Crippen molar-refractivity contribution in [2.24, 2.45) is 11.1 Å². The number of nitrogens with zero attached hydrogens (tertiary/aromatic N) is 2. The summed E-state index contributed by atoms with van der Waals surface area (Å²) in [6.45, 7) is 6.21. The van der Waals surface area contributed by atoms with E-state index in [-0.39, 0.29) is 17.6 Å². The van der Waals surface area contributed by atoms with Gasteiger partial charge in [-0.15, -0.1) is 0 Å². The summed E-state index contributed by atoms with van der Waals surface area (Å²) in [6.07, 6.45) is 0.439. The molecule has 21 heavy (non-hydrogen) atoms. The van der Waals surface area contributed by atoms with Crippen molar-refractivity contribution in [1.29, 1.82) is 0 Å². The van der Waals surface area contributed by atoms with Crippen molar-refractivity contribution >= 4 is 0 Å². The molecule has 2 rings (SSSR count). The fraction of sp³-hybridized carbons (Fsp3) is 0.500. The van der Waals surface area contributed by atoms with Gasteiger partial charge in [-0.2, -0.15) is 4.98 Å². The molecular weight excluding hydrogens is 266 g/mol. The number of nitrogens with two attached hydrogens (primary N) is 1. The first-order valence-corrected chi connectivity index (χ1v) is 7.07. The van der Waals surface area contributed by atoms with Crippen LogP contribution in [0.15, 0.2) is 34.9 Å². The average Bonchev–Trinajstić information content (AvgIpc) is 2.88. The minimum atomic E-state index is -0.314. The molecule has 0 aliphatic rings. The Morgan fingerprint density at radius 1 is 1.24 bits per heavy atom. The number of methoxy groups -OCH3 is 1. The Bertz CT molecular complexity index is 560. The number of hydrogen-bond donors (Lipinski definition) is 1. The molecule has 0 aliphatic carbocycles. The highest BCUT2D eigenvalue weighted by Crippen LogP contribution is 2.34. The van der Waals surface area contributed by atoms with E-state index in [0.717, 1.165) is 5.56 Å². The maximum Gasteiger partial charge on any atom is 0.243 e. The van der Waals surface area contributed by atoms with Crippen LogP contribution in [0.4, 0.5) is 0 Å². The predicted octanol–water partition coefficient (Wildman–Crippen LogP) is 3.05. The molecular formula is C16H23N3O2. The summed E-state index contributed by atoms with van der Waals surface area (Å²) in [6, 6.07) is 9.70. The molecule has 0 aliphatic heterocycles. The van der Waals surface area contributed by atoms with Gasteiger partial charge in [0, 0.05) is 7.11 Å². The molecule has 0 spiro atoms. The highest BCUT2D eigenvalue weighted by Gasteiger charge is 2.31. The van der Waals surface area contributed by atoms with Gasteiger partial charge in [-0.05, 0) is 17.4 Å². The second-order valence-electron chi connectivity index (χ2n) is 6.27. The number of ether oxygens (including phenoxy) is 1. The third-order valence-electron chi connectivity index (χ3n) is 3.33. The van der Waals surface area contributed by atoms with Crippen LogP contribution in [0.3, 0.4) is 0 Å². The molecule has 0 radical (unpaired) electrons. The summed E-state index contributed by atoms with van der Waals surface area (Å²) in [4.78, 5) is 4.42. The lowest BCUT2D eigenvalue weighted by atomic mass is 9.88. The lowest BCUT2D eigenvalue weighted by molar-refractivity contribution is 0.00718. The summed E-state index contributed by atoms with van der Waals surface area (Å²) in [5.41, 5.74) is 7.18. The molecule has 0 amide bonds.